The lowest BCUT2D eigenvalue weighted by molar-refractivity contribution is -0.146. The number of hydrogen-bond acceptors (Lipinski definition) is 5. The molecule has 140 valence electrons. The van der Waals surface area contributed by atoms with Crippen LogP contribution in [0, 0.1) is 0 Å². The van der Waals surface area contributed by atoms with Gasteiger partial charge in [-0.05, 0) is 29.8 Å². The molecule has 2 aliphatic rings. The molecule has 1 saturated heterocycles. The van der Waals surface area contributed by atoms with Gasteiger partial charge in [-0.2, -0.15) is 0 Å². The van der Waals surface area contributed by atoms with E-state index in [2.05, 4.69) is 22.3 Å². The maximum Gasteiger partial charge on any atom is 0.312 e. The molecule has 0 radical (unpaired) electrons. The number of ether oxygens (including phenoxy) is 2. The molecule has 4 rings (SSSR count). The Kier molecular flexibility index (Phi) is 4.82. The first-order valence-corrected chi connectivity index (χ1v) is 8.96. The second-order valence-corrected chi connectivity index (χ2v) is 6.49. The summed E-state index contributed by atoms with van der Waals surface area (Å²) in [7, 11) is 0. The summed E-state index contributed by atoms with van der Waals surface area (Å²) >= 11 is 0. The lowest BCUT2D eigenvalue weighted by atomic mass is 10.2. The van der Waals surface area contributed by atoms with Crippen molar-refractivity contribution in [2.45, 2.75) is 6.54 Å². The van der Waals surface area contributed by atoms with Crippen molar-refractivity contribution in [2.24, 2.45) is 0 Å². The molecule has 0 unspecified atom stereocenters. The third-order valence-electron chi connectivity index (χ3n) is 4.77. The van der Waals surface area contributed by atoms with E-state index in [1.165, 1.54) is 0 Å². The Morgan fingerprint density at radius 1 is 0.926 bits per heavy atom. The molecule has 7 nitrogen and oxygen atoms in total. The highest BCUT2D eigenvalue weighted by atomic mass is 16.7. The van der Waals surface area contributed by atoms with Crippen LogP contribution in [-0.4, -0.2) is 49.7 Å². The van der Waals surface area contributed by atoms with Crippen molar-refractivity contribution in [1.29, 1.82) is 0 Å². The average molecular weight is 367 g/mol. The summed E-state index contributed by atoms with van der Waals surface area (Å²) in [5, 5.41) is 2.69. The molecule has 0 aromatic heterocycles. The molecule has 2 aromatic rings. The zero-order chi connectivity index (χ0) is 18.6. The molecule has 2 heterocycles. The fraction of sp³-hybridized carbons (Fsp3) is 0.300. The van der Waals surface area contributed by atoms with Gasteiger partial charge in [0, 0.05) is 38.4 Å². The molecule has 0 saturated carbocycles. The van der Waals surface area contributed by atoms with Gasteiger partial charge in [-0.25, -0.2) is 0 Å². The van der Waals surface area contributed by atoms with E-state index in [-0.39, 0.29) is 13.3 Å². The number of rotatable bonds is 3. The standard InChI is InChI=1S/C20H21N3O4/c24-19(21-13-15-6-7-17-18(12-15)27-14-26-17)20(25)23-10-8-22(9-11-23)16-4-2-1-3-5-16/h1-7,12H,8-11,13-14H2,(H,21,24). The van der Waals surface area contributed by atoms with Crippen LogP contribution in [0.5, 0.6) is 11.5 Å². The largest absolute Gasteiger partial charge is 0.454 e. The minimum atomic E-state index is -0.583. The van der Waals surface area contributed by atoms with Crippen LogP contribution in [0.4, 0.5) is 5.69 Å². The number of benzene rings is 2. The molecule has 0 aliphatic carbocycles. The number of carbonyl (C=O) groups excluding carboxylic acids is 2. The van der Waals surface area contributed by atoms with Gasteiger partial charge >= 0.3 is 11.8 Å². The zero-order valence-corrected chi connectivity index (χ0v) is 14.9. The molecule has 0 atom stereocenters. The normalized spacial score (nSPS) is 15.6. The summed E-state index contributed by atoms with van der Waals surface area (Å²) in [6.45, 7) is 2.97. The number of nitrogens with zero attached hydrogens (tertiary/aromatic N) is 2. The predicted octanol–water partition coefficient (Wildman–Crippen LogP) is 1.38. The molecule has 1 fully saturated rings. The minimum absolute atomic E-state index is 0.207. The fourth-order valence-corrected chi connectivity index (χ4v) is 3.26. The van der Waals surface area contributed by atoms with Crippen LogP contribution in [0.15, 0.2) is 48.5 Å². The van der Waals surface area contributed by atoms with Gasteiger partial charge in [0.2, 0.25) is 6.79 Å². The number of anilines is 1. The van der Waals surface area contributed by atoms with E-state index in [0.29, 0.717) is 37.7 Å². The fourth-order valence-electron chi connectivity index (χ4n) is 3.26. The first-order chi connectivity index (χ1) is 13.2. The molecule has 2 amide bonds. The van der Waals surface area contributed by atoms with Crippen molar-refractivity contribution in [3.63, 3.8) is 0 Å². The Morgan fingerprint density at radius 3 is 2.44 bits per heavy atom. The smallest absolute Gasteiger partial charge is 0.312 e. The topological polar surface area (TPSA) is 71.1 Å². The summed E-state index contributed by atoms with van der Waals surface area (Å²) < 4.78 is 10.6. The number of hydrogen-bond donors (Lipinski definition) is 1. The highest BCUT2D eigenvalue weighted by Crippen LogP contribution is 2.32. The van der Waals surface area contributed by atoms with E-state index >= 15 is 0 Å². The maximum absolute atomic E-state index is 12.4. The molecule has 0 spiro atoms. The molecule has 0 bridgehead atoms. The molecule has 2 aromatic carbocycles. The van der Waals surface area contributed by atoms with Crippen LogP contribution in [0.25, 0.3) is 0 Å². The molecule has 27 heavy (non-hydrogen) atoms. The summed E-state index contributed by atoms with van der Waals surface area (Å²) in [6.07, 6.45) is 0. The van der Waals surface area contributed by atoms with Gasteiger partial charge in [0.05, 0.1) is 0 Å². The Hall–Kier alpha value is -3.22. The van der Waals surface area contributed by atoms with E-state index in [1.54, 1.807) is 11.0 Å². The second kappa shape index (κ2) is 7.57. The van der Waals surface area contributed by atoms with E-state index in [1.807, 2.05) is 30.3 Å². The van der Waals surface area contributed by atoms with Crippen molar-refractivity contribution in [2.75, 3.05) is 37.9 Å². The summed E-state index contributed by atoms with van der Waals surface area (Å²) in [5.74, 6) is 0.284. The van der Waals surface area contributed by atoms with Crippen LogP contribution in [0.2, 0.25) is 0 Å². The van der Waals surface area contributed by atoms with E-state index in [0.717, 1.165) is 11.3 Å². The lowest BCUT2D eigenvalue weighted by Crippen LogP contribution is -2.52. The van der Waals surface area contributed by atoms with Crippen LogP contribution >= 0.6 is 0 Å². The number of fused-ring (bicyclic) bond motifs is 1. The monoisotopic (exact) mass is 367 g/mol. The number of piperazine rings is 1. The van der Waals surface area contributed by atoms with Crippen LogP contribution < -0.4 is 19.7 Å². The van der Waals surface area contributed by atoms with Crippen molar-refractivity contribution in [3.8, 4) is 11.5 Å². The van der Waals surface area contributed by atoms with E-state index in [9.17, 15) is 9.59 Å². The van der Waals surface area contributed by atoms with Gasteiger partial charge in [-0.1, -0.05) is 24.3 Å². The van der Waals surface area contributed by atoms with Crippen molar-refractivity contribution >= 4 is 17.5 Å². The van der Waals surface area contributed by atoms with Crippen LogP contribution in [-0.2, 0) is 16.1 Å². The SMILES string of the molecule is O=C(NCc1ccc2c(c1)OCO2)C(=O)N1CCN(c2ccccc2)CC1. The van der Waals surface area contributed by atoms with Gasteiger partial charge in [-0.3, -0.25) is 9.59 Å². The molecule has 7 heteroatoms. The third kappa shape index (κ3) is 3.81. The van der Waals surface area contributed by atoms with Crippen molar-refractivity contribution < 1.29 is 19.1 Å². The summed E-state index contributed by atoms with van der Waals surface area (Å²) in [6, 6.07) is 15.5. The van der Waals surface area contributed by atoms with Gasteiger partial charge in [0.15, 0.2) is 11.5 Å². The first-order valence-electron chi connectivity index (χ1n) is 8.96. The van der Waals surface area contributed by atoms with Crippen molar-refractivity contribution in [3.05, 3.63) is 54.1 Å². The predicted molar refractivity (Wildman–Crippen MR) is 99.6 cm³/mol. The number of nitrogens with one attached hydrogen (secondary N) is 1. The average Bonchev–Trinajstić information content (AvgIpc) is 3.20. The van der Waals surface area contributed by atoms with Gasteiger partial charge in [-0.15, -0.1) is 0 Å². The third-order valence-corrected chi connectivity index (χ3v) is 4.77. The van der Waals surface area contributed by atoms with Gasteiger partial charge in [0.25, 0.3) is 0 Å². The number of carbonyl (C=O) groups is 2. The Bertz CT molecular complexity index is 832. The first kappa shape index (κ1) is 17.2. The molecule has 1 N–H and O–H groups in total. The zero-order valence-electron chi connectivity index (χ0n) is 14.9. The summed E-state index contributed by atoms with van der Waals surface area (Å²) in [5.41, 5.74) is 1.99. The van der Waals surface area contributed by atoms with Gasteiger partial charge in [0.1, 0.15) is 0 Å². The number of para-hydroxylation sites is 1. The Labute approximate surface area is 157 Å². The Morgan fingerprint density at radius 2 is 1.67 bits per heavy atom. The minimum Gasteiger partial charge on any atom is -0.454 e. The highest BCUT2D eigenvalue weighted by Gasteiger charge is 2.26. The maximum atomic E-state index is 12.4. The van der Waals surface area contributed by atoms with Crippen LogP contribution in [0.3, 0.4) is 0 Å². The van der Waals surface area contributed by atoms with E-state index < -0.39 is 11.8 Å². The quantitative estimate of drug-likeness (QED) is 0.830. The lowest BCUT2D eigenvalue weighted by Gasteiger charge is -2.35. The van der Waals surface area contributed by atoms with Crippen molar-refractivity contribution in [1.82, 2.24) is 10.2 Å². The molecular formula is C20H21N3O4. The second-order valence-electron chi connectivity index (χ2n) is 6.49. The molecule has 2 aliphatic heterocycles. The molecular weight excluding hydrogens is 346 g/mol. The van der Waals surface area contributed by atoms with Gasteiger partial charge < -0.3 is 24.6 Å². The Balaban J connectivity index is 1.28. The highest BCUT2D eigenvalue weighted by molar-refractivity contribution is 6.35. The number of amides is 2. The van der Waals surface area contributed by atoms with Crippen LogP contribution in [0.1, 0.15) is 5.56 Å². The van der Waals surface area contributed by atoms with E-state index in [4.69, 9.17) is 9.47 Å². The summed E-state index contributed by atoms with van der Waals surface area (Å²) in [4.78, 5) is 28.5.